The first-order chi connectivity index (χ1) is 15.3. The molecule has 1 aromatic carbocycles. The Morgan fingerprint density at radius 1 is 1.09 bits per heavy atom. The quantitative estimate of drug-likeness (QED) is 0.427. The van der Waals surface area contributed by atoms with Gasteiger partial charge in [0.15, 0.2) is 11.5 Å². The van der Waals surface area contributed by atoms with Gasteiger partial charge in [-0.25, -0.2) is 8.42 Å². The molecule has 0 radical (unpaired) electrons. The Kier molecular flexibility index (Phi) is 10.3. The van der Waals surface area contributed by atoms with Crippen LogP contribution in [-0.4, -0.2) is 63.4 Å². The van der Waals surface area contributed by atoms with E-state index in [0.29, 0.717) is 37.4 Å². The molecule has 1 aliphatic heterocycles. The van der Waals surface area contributed by atoms with Crippen LogP contribution in [-0.2, 0) is 14.8 Å². The minimum Gasteiger partial charge on any atom is -0.493 e. The van der Waals surface area contributed by atoms with Crippen LogP contribution in [0.3, 0.4) is 0 Å². The van der Waals surface area contributed by atoms with Crippen molar-refractivity contribution in [1.29, 1.82) is 0 Å². The van der Waals surface area contributed by atoms with Crippen LogP contribution in [0.15, 0.2) is 23.1 Å². The number of rotatable bonds is 12. The third kappa shape index (κ3) is 6.38. The molecule has 0 aliphatic carbocycles. The monoisotopic (exact) mass is 468 g/mol. The average Bonchev–Trinajstić information content (AvgIpc) is 2.81. The molecule has 1 heterocycles. The van der Waals surface area contributed by atoms with Crippen LogP contribution < -0.4 is 9.47 Å². The van der Waals surface area contributed by atoms with Crippen LogP contribution in [0.4, 0.5) is 0 Å². The molecule has 0 aromatic heterocycles. The Labute approximate surface area is 194 Å². The van der Waals surface area contributed by atoms with E-state index < -0.39 is 10.0 Å². The fourth-order valence-corrected chi connectivity index (χ4v) is 5.84. The molecule has 2 rings (SSSR count). The number of carbonyl (C=O) groups excluding carboxylic acids is 1. The Balaban J connectivity index is 2.07. The normalized spacial score (nSPS) is 16.5. The van der Waals surface area contributed by atoms with Gasteiger partial charge in [0.05, 0.1) is 19.1 Å². The van der Waals surface area contributed by atoms with Crippen LogP contribution in [0.2, 0.25) is 0 Å². The lowest BCUT2D eigenvalue weighted by Crippen LogP contribution is -2.47. The third-order valence-electron chi connectivity index (χ3n) is 6.32. The summed E-state index contributed by atoms with van der Waals surface area (Å²) in [5, 5.41) is 0. The zero-order valence-electron chi connectivity index (χ0n) is 20.3. The van der Waals surface area contributed by atoms with Gasteiger partial charge in [-0.2, -0.15) is 4.31 Å². The van der Waals surface area contributed by atoms with E-state index in [1.165, 1.54) is 30.7 Å². The van der Waals surface area contributed by atoms with Gasteiger partial charge in [-0.15, -0.1) is 0 Å². The molecule has 1 amide bonds. The number of nitrogens with zero attached hydrogens (tertiary/aromatic N) is 2. The van der Waals surface area contributed by atoms with Gasteiger partial charge < -0.3 is 14.4 Å². The van der Waals surface area contributed by atoms with Crippen molar-refractivity contribution in [2.45, 2.75) is 76.7 Å². The van der Waals surface area contributed by atoms with Crippen molar-refractivity contribution in [3.05, 3.63) is 18.2 Å². The first-order valence-electron chi connectivity index (χ1n) is 11.8. The maximum Gasteiger partial charge on any atom is 0.243 e. The lowest BCUT2D eigenvalue weighted by Gasteiger charge is -2.36. The Morgan fingerprint density at radius 2 is 1.75 bits per heavy atom. The van der Waals surface area contributed by atoms with Gasteiger partial charge in [-0.3, -0.25) is 4.79 Å². The van der Waals surface area contributed by atoms with E-state index in [9.17, 15) is 13.2 Å². The first-order valence-corrected chi connectivity index (χ1v) is 13.3. The summed E-state index contributed by atoms with van der Waals surface area (Å²) in [5.41, 5.74) is 0. The summed E-state index contributed by atoms with van der Waals surface area (Å²) in [6.45, 7) is 7.91. The number of amides is 1. The maximum absolute atomic E-state index is 13.3. The summed E-state index contributed by atoms with van der Waals surface area (Å²) in [6.07, 6.45) is 6.39. The zero-order valence-corrected chi connectivity index (χ0v) is 21.1. The number of unbranched alkanes of at least 4 members (excludes halogenated alkanes) is 2. The molecule has 7 nitrogen and oxygen atoms in total. The summed E-state index contributed by atoms with van der Waals surface area (Å²) in [5.74, 6) is 0.935. The standard InChI is InChI=1S/C24H40N2O5S/c1-6-8-9-15-26(19(3)10-7-2)24(27)20-13-16-25(17-14-20)32(28,29)21-11-12-22(30-4)23(18-21)31-5/h11-12,18-20H,6-10,13-17H2,1-5H3. The first kappa shape index (κ1) is 26.5. The fourth-order valence-electron chi connectivity index (χ4n) is 4.36. The van der Waals surface area contributed by atoms with E-state index in [1.807, 2.05) is 4.90 Å². The predicted octanol–water partition coefficient (Wildman–Crippen LogP) is 4.31. The summed E-state index contributed by atoms with van der Waals surface area (Å²) in [6, 6.07) is 4.85. The summed E-state index contributed by atoms with van der Waals surface area (Å²) < 4.78 is 38.3. The Bertz CT molecular complexity index is 835. The molecule has 0 spiro atoms. The highest BCUT2D eigenvalue weighted by Gasteiger charge is 2.35. The highest BCUT2D eigenvalue weighted by Crippen LogP contribution is 2.32. The van der Waals surface area contributed by atoms with Crippen LogP contribution in [0, 0.1) is 5.92 Å². The van der Waals surface area contributed by atoms with Gasteiger partial charge in [0.25, 0.3) is 0 Å². The smallest absolute Gasteiger partial charge is 0.243 e. The lowest BCUT2D eigenvalue weighted by molar-refractivity contribution is -0.139. The molecule has 8 heteroatoms. The number of sulfonamides is 1. The van der Waals surface area contributed by atoms with Gasteiger partial charge in [0.2, 0.25) is 15.9 Å². The average molecular weight is 469 g/mol. The lowest BCUT2D eigenvalue weighted by atomic mass is 9.95. The van der Waals surface area contributed by atoms with Crippen LogP contribution in [0.1, 0.15) is 65.7 Å². The van der Waals surface area contributed by atoms with E-state index in [4.69, 9.17) is 9.47 Å². The molecule has 1 fully saturated rings. The molecule has 182 valence electrons. The predicted molar refractivity (Wildman–Crippen MR) is 127 cm³/mol. The highest BCUT2D eigenvalue weighted by atomic mass is 32.2. The van der Waals surface area contributed by atoms with Crippen LogP contribution in [0.25, 0.3) is 0 Å². The minimum absolute atomic E-state index is 0.118. The number of ether oxygens (including phenoxy) is 2. The highest BCUT2D eigenvalue weighted by molar-refractivity contribution is 7.89. The minimum atomic E-state index is -3.66. The number of piperidine rings is 1. The second-order valence-corrected chi connectivity index (χ2v) is 10.5. The van der Waals surface area contributed by atoms with E-state index in [1.54, 1.807) is 6.07 Å². The van der Waals surface area contributed by atoms with Crippen molar-refractivity contribution in [2.75, 3.05) is 33.9 Å². The molecular weight excluding hydrogens is 428 g/mol. The maximum atomic E-state index is 13.3. The van der Waals surface area contributed by atoms with Crippen molar-refractivity contribution in [3.8, 4) is 11.5 Å². The fraction of sp³-hybridized carbons (Fsp3) is 0.708. The largest absolute Gasteiger partial charge is 0.493 e. The molecule has 32 heavy (non-hydrogen) atoms. The van der Waals surface area contributed by atoms with Crippen LogP contribution in [0.5, 0.6) is 11.5 Å². The summed E-state index contributed by atoms with van der Waals surface area (Å²) in [4.78, 5) is 15.5. The third-order valence-corrected chi connectivity index (χ3v) is 8.21. The topological polar surface area (TPSA) is 76.2 Å². The number of benzene rings is 1. The van der Waals surface area contributed by atoms with Crippen molar-refractivity contribution in [2.24, 2.45) is 5.92 Å². The van der Waals surface area contributed by atoms with E-state index in [2.05, 4.69) is 20.8 Å². The molecule has 1 aromatic rings. The van der Waals surface area contributed by atoms with Crippen molar-refractivity contribution >= 4 is 15.9 Å². The summed E-state index contributed by atoms with van der Waals surface area (Å²) in [7, 11) is -0.661. The molecule has 0 N–H and O–H groups in total. The molecule has 0 saturated carbocycles. The number of hydrogen-bond acceptors (Lipinski definition) is 5. The molecule has 0 bridgehead atoms. The zero-order chi connectivity index (χ0) is 23.7. The second-order valence-electron chi connectivity index (χ2n) is 8.57. The number of carbonyl (C=O) groups is 1. The van der Waals surface area contributed by atoms with Gasteiger partial charge in [-0.1, -0.05) is 33.1 Å². The van der Waals surface area contributed by atoms with Gasteiger partial charge in [0, 0.05) is 37.7 Å². The number of methoxy groups -OCH3 is 2. The molecular formula is C24H40N2O5S. The molecule has 1 unspecified atom stereocenters. The van der Waals surface area contributed by atoms with Crippen molar-refractivity contribution < 1.29 is 22.7 Å². The second kappa shape index (κ2) is 12.4. The molecule has 1 aliphatic rings. The van der Waals surface area contributed by atoms with Gasteiger partial charge in [0.1, 0.15) is 0 Å². The number of hydrogen-bond donors (Lipinski definition) is 0. The summed E-state index contributed by atoms with van der Waals surface area (Å²) >= 11 is 0. The Morgan fingerprint density at radius 3 is 2.31 bits per heavy atom. The Hall–Kier alpha value is -1.80. The van der Waals surface area contributed by atoms with E-state index in [-0.39, 0.29) is 22.8 Å². The van der Waals surface area contributed by atoms with Crippen LogP contribution >= 0.6 is 0 Å². The van der Waals surface area contributed by atoms with E-state index in [0.717, 1.165) is 38.6 Å². The van der Waals surface area contributed by atoms with Crippen molar-refractivity contribution in [1.82, 2.24) is 9.21 Å². The van der Waals surface area contributed by atoms with Gasteiger partial charge in [-0.05, 0) is 44.7 Å². The van der Waals surface area contributed by atoms with Crippen molar-refractivity contribution in [3.63, 3.8) is 0 Å². The van der Waals surface area contributed by atoms with E-state index >= 15 is 0 Å². The SMILES string of the molecule is CCCCCN(C(=O)C1CCN(S(=O)(=O)c2ccc(OC)c(OC)c2)CC1)C(C)CCC. The molecule has 1 atom stereocenters. The van der Waals surface area contributed by atoms with Gasteiger partial charge >= 0.3 is 0 Å². The molecule has 1 saturated heterocycles.